The third kappa shape index (κ3) is 3.65. The lowest BCUT2D eigenvalue weighted by Gasteiger charge is -2.06. The smallest absolute Gasteiger partial charge is 0.225 e. The van der Waals surface area contributed by atoms with Gasteiger partial charge >= 0.3 is 0 Å². The summed E-state index contributed by atoms with van der Waals surface area (Å²) in [5.41, 5.74) is 4.48. The predicted molar refractivity (Wildman–Crippen MR) is 106 cm³/mol. The molecule has 0 aliphatic heterocycles. The monoisotopic (exact) mass is 391 g/mol. The zero-order chi connectivity index (χ0) is 18.2. The highest BCUT2D eigenvalue weighted by Gasteiger charge is 2.17. The van der Waals surface area contributed by atoms with E-state index in [0.717, 1.165) is 17.5 Å². The van der Waals surface area contributed by atoms with Crippen molar-refractivity contribution in [3.05, 3.63) is 64.0 Å². The van der Waals surface area contributed by atoms with Crippen LogP contribution in [0.2, 0.25) is 5.02 Å². The Hall–Kier alpha value is -1.66. The number of sulfonamides is 1. The second-order valence-electron chi connectivity index (χ2n) is 5.78. The third-order valence-electron chi connectivity index (χ3n) is 4.12. The molecule has 2 aromatic carbocycles. The molecule has 130 valence electrons. The van der Waals surface area contributed by atoms with Crippen LogP contribution in [0.25, 0.3) is 21.6 Å². The Kier molecular flexibility index (Phi) is 5.02. The van der Waals surface area contributed by atoms with Crippen molar-refractivity contribution >= 4 is 33.0 Å². The van der Waals surface area contributed by atoms with E-state index in [-0.39, 0.29) is 4.90 Å². The molecule has 3 aromatic rings. The minimum absolute atomic E-state index is 0.125. The maximum Gasteiger partial charge on any atom is 0.238 e. The lowest BCUT2D eigenvalue weighted by Crippen LogP contribution is -2.11. The fraction of sp³-hybridized carbons (Fsp3) is 0.158. The lowest BCUT2D eigenvalue weighted by atomic mass is 9.98. The van der Waals surface area contributed by atoms with Crippen molar-refractivity contribution in [1.82, 2.24) is 0 Å². The Morgan fingerprint density at radius 3 is 2.08 bits per heavy atom. The summed E-state index contributed by atoms with van der Waals surface area (Å²) in [5, 5.41) is 5.90. The van der Waals surface area contributed by atoms with Crippen LogP contribution in [0.4, 0.5) is 0 Å². The summed E-state index contributed by atoms with van der Waals surface area (Å²) in [4.78, 5) is 2.60. The van der Waals surface area contributed by atoms with Crippen molar-refractivity contribution < 1.29 is 8.42 Å². The number of aryl methyl sites for hydroxylation is 1. The molecule has 2 N–H and O–H groups in total. The van der Waals surface area contributed by atoms with Crippen molar-refractivity contribution in [2.24, 2.45) is 5.14 Å². The number of thiophene rings is 1. The van der Waals surface area contributed by atoms with Crippen molar-refractivity contribution in [2.75, 3.05) is 0 Å². The van der Waals surface area contributed by atoms with Crippen LogP contribution in [0.15, 0.2) is 53.4 Å². The summed E-state index contributed by atoms with van der Waals surface area (Å²) in [6.07, 6.45) is 0.908. The fourth-order valence-corrected chi connectivity index (χ4v) is 4.80. The van der Waals surface area contributed by atoms with Gasteiger partial charge in [-0.05, 0) is 59.9 Å². The molecular formula is C19H18ClNO2S2. The molecule has 0 bridgehead atoms. The molecule has 0 unspecified atom stereocenters. The molecule has 0 spiro atoms. The molecule has 1 aromatic heterocycles. The van der Waals surface area contributed by atoms with Gasteiger partial charge in [0.15, 0.2) is 0 Å². The first kappa shape index (κ1) is 18.1. The second kappa shape index (κ2) is 6.92. The van der Waals surface area contributed by atoms with E-state index in [0.29, 0.717) is 5.02 Å². The van der Waals surface area contributed by atoms with Crippen LogP contribution >= 0.6 is 22.9 Å². The van der Waals surface area contributed by atoms with E-state index < -0.39 is 10.0 Å². The van der Waals surface area contributed by atoms with Crippen LogP contribution in [0.5, 0.6) is 0 Å². The maximum absolute atomic E-state index is 11.5. The summed E-state index contributed by atoms with van der Waals surface area (Å²) < 4.78 is 22.9. The number of hydrogen-bond acceptors (Lipinski definition) is 3. The lowest BCUT2D eigenvalue weighted by molar-refractivity contribution is 0.598. The van der Waals surface area contributed by atoms with Crippen molar-refractivity contribution in [2.45, 2.75) is 25.2 Å². The first-order valence-electron chi connectivity index (χ1n) is 7.82. The minimum Gasteiger partial charge on any atom is -0.225 e. The fourth-order valence-electron chi connectivity index (χ4n) is 2.89. The molecule has 0 atom stereocenters. The Balaban J connectivity index is 2.12. The second-order valence-corrected chi connectivity index (χ2v) is 8.89. The molecule has 3 nitrogen and oxygen atoms in total. The Labute approximate surface area is 157 Å². The largest absolute Gasteiger partial charge is 0.238 e. The SMILES string of the molecule is CCc1sc(-c2ccc(Cl)cc2)c(C)c1-c1ccc(S(N)(=O)=O)cc1. The number of rotatable bonds is 4. The maximum atomic E-state index is 11.5. The van der Waals surface area contributed by atoms with E-state index >= 15 is 0 Å². The average Bonchev–Trinajstić information content (AvgIpc) is 2.91. The van der Waals surface area contributed by atoms with E-state index in [4.69, 9.17) is 16.7 Å². The van der Waals surface area contributed by atoms with Gasteiger partial charge in [0.1, 0.15) is 0 Å². The van der Waals surface area contributed by atoms with Gasteiger partial charge in [-0.15, -0.1) is 11.3 Å². The first-order valence-corrected chi connectivity index (χ1v) is 10.6. The molecule has 1 heterocycles. The van der Waals surface area contributed by atoms with Gasteiger partial charge in [-0.3, -0.25) is 0 Å². The molecule has 0 fully saturated rings. The standard InChI is InChI=1S/C19H18ClNO2S2/c1-3-17-18(13-6-10-16(11-7-13)25(21,22)23)12(2)19(24-17)14-4-8-15(20)9-5-14/h4-11H,3H2,1-2H3,(H2,21,22,23). The number of halogens is 1. The quantitative estimate of drug-likeness (QED) is 0.659. The van der Waals surface area contributed by atoms with Crippen molar-refractivity contribution in [3.63, 3.8) is 0 Å². The molecule has 6 heteroatoms. The van der Waals surface area contributed by atoms with Gasteiger partial charge in [0.25, 0.3) is 0 Å². The molecule has 0 aliphatic carbocycles. The van der Waals surface area contributed by atoms with E-state index in [1.54, 1.807) is 23.5 Å². The Bertz CT molecular complexity index is 1000. The average molecular weight is 392 g/mol. The summed E-state index contributed by atoms with van der Waals surface area (Å²) in [7, 11) is -3.68. The molecule has 0 aliphatic rings. The van der Waals surface area contributed by atoms with Crippen LogP contribution in [-0.4, -0.2) is 8.42 Å². The molecule has 0 amide bonds. The zero-order valence-electron chi connectivity index (χ0n) is 13.9. The topological polar surface area (TPSA) is 60.2 Å². The summed E-state index contributed by atoms with van der Waals surface area (Å²) >= 11 is 7.76. The molecular weight excluding hydrogens is 374 g/mol. The molecule has 0 saturated carbocycles. The minimum atomic E-state index is -3.68. The van der Waals surface area contributed by atoms with E-state index in [9.17, 15) is 8.42 Å². The van der Waals surface area contributed by atoms with Crippen molar-refractivity contribution in [3.8, 4) is 21.6 Å². The highest BCUT2D eigenvalue weighted by Crippen LogP contribution is 2.42. The number of primary sulfonamides is 1. The molecule has 0 saturated heterocycles. The van der Waals surface area contributed by atoms with Crippen LogP contribution < -0.4 is 5.14 Å². The van der Waals surface area contributed by atoms with Crippen LogP contribution in [0.3, 0.4) is 0 Å². The van der Waals surface area contributed by atoms with Gasteiger partial charge in [-0.2, -0.15) is 0 Å². The third-order valence-corrected chi connectivity index (χ3v) is 6.79. The molecule has 3 rings (SSSR count). The van der Waals surface area contributed by atoms with Crippen LogP contribution in [0, 0.1) is 6.92 Å². The number of hydrogen-bond donors (Lipinski definition) is 1. The number of benzene rings is 2. The van der Waals surface area contributed by atoms with Gasteiger partial charge in [0.05, 0.1) is 4.90 Å². The summed E-state index contributed by atoms with van der Waals surface area (Å²) in [6.45, 7) is 4.22. The highest BCUT2D eigenvalue weighted by molar-refractivity contribution is 7.89. The van der Waals surface area contributed by atoms with E-state index in [1.165, 1.54) is 20.9 Å². The van der Waals surface area contributed by atoms with Gasteiger partial charge in [0.2, 0.25) is 10.0 Å². The zero-order valence-corrected chi connectivity index (χ0v) is 16.3. The molecule has 25 heavy (non-hydrogen) atoms. The van der Waals surface area contributed by atoms with E-state index in [1.807, 2.05) is 36.4 Å². The van der Waals surface area contributed by atoms with E-state index in [2.05, 4.69) is 13.8 Å². The van der Waals surface area contributed by atoms with Gasteiger partial charge < -0.3 is 0 Å². The summed E-state index contributed by atoms with van der Waals surface area (Å²) in [6, 6.07) is 14.6. The van der Waals surface area contributed by atoms with Gasteiger partial charge in [-0.25, -0.2) is 13.6 Å². The summed E-state index contributed by atoms with van der Waals surface area (Å²) in [5.74, 6) is 0. The van der Waals surface area contributed by atoms with Gasteiger partial charge in [-0.1, -0.05) is 42.8 Å². The van der Waals surface area contributed by atoms with Crippen LogP contribution in [-0.2, 0) is 16.4 Å². The van der Waals surface area contributed by atoms with Crippen LogP contribution in [0.1, 0.15) is 17.4 Å². The first-order chi connectivity index (χ1) is 11.8. The normalized spacial score (nSPS) is 11.7. The Morgan fingerprint density at radius 2 is 1.56 bits per heavy atom. The Morgan fingerprint density at radius 1 is 1.00 bits per heavy atom. The molecule has 0 radical (unpaired) electrons. The number of nitrogens with two attached hydrogens (primary N) is 1. The van der Waals surface area contributed by atoms with Crippen molar-refractivity contribution in [1.29, 1.82) is 0 Å². The van der Waals surface area contributed by atoms with Gasteiger partial charge in [0, 0.05) is 14.8 Å². The highest BCUT2D eigenvalue weighted by atomic mass is 35.5. The predicted octanol–water partition coefficient (Wildman–Crippen LogP) is 5.25.